The molecule has 0 radical (unpaired) electrons. The number of carbonyl (C=O) groups excluding carboxylic acids is 1. The van der Waals surface area contributed by atoms with Gasteiger partial charge in [0.2, 0.25) is 5.91 Å². The minimum Gasteiger partial charge on any atom is -1.00 e. The Labute approximate surface area is 115 Å². The standard InChI is InChI=1S/C4H7NO.Na.H4O7P2.H/c6-4-2-1-3-5-4;;1-8(2,3)7-9(4,5)6;/h1-3H2,(H,5,6);;(H2,1,2,3)(H2,4,5,6);/q;+1;;-1. The van der Waals surface area contributed by atoms with E-state index in [-0.39, 0.29) is 36.9 Å². The number of amides is 1. The molecule has 1 rings (SSSR count). The van der Waals surface area contributed by atoms with E-state index in [0.717, 1.165) is 19.4 Å². The maximum Gasteiger partial charge on any atom is 1.00 e. The molecule has 92 valence electrons. The third kappa shape index (κ3) is 14.7. The minimum atomic E-state index is -5.05. The molecule has 9 nitrogen and oxygen atoms in total. The van der Waals surface area contributed by atoms with Crippen molar-refractivity contribution in [3.63, 3.8) is 0 Å². The van der Waals surface area contributed by atoms with Crippen LogP contribution in [0.15, 0.2) is 0 Å². The molecule has 0 unspecified atom stereocenters. The van der Waals surface area contributed by atoms with Crippen LogP contribution in [0.25, 0.3) is 0 Å². The van der Waals surface area contributed by atoms with Crippen LogP contribution < -0.4 is 34.9 Å². The van der Waals surface area contributed by atoms with Gasteiger partial charge in [-0.3, -0.25) is 4.79 Å². The average molecular weight is 287 g/mol. The predicted octanol–water partition coefficient (Wildman–Crippen LogP) is -3.80. The Morgan fingerprint density at radius 2 is 1.62 bits per heavy atom. The molecule has 0 aromatic heterocycles. The molecule has 1 amide bonds. The summed E-state index contributed by atoms with van der Waals surface area (Å²) >= 11 is 0. The summed E-state index contributed by atoms with van der Waals surface area (Å²) in [6.07, 6.45) is 1.76. The number of nitrogens with one attached hydrogen (secondary N) is 1. The fourth-order valence-electron chi connectivity index (χ4n) is 0.704. The third-order valence-electron chi connectivity index (χ3n) is 1.12. The molecule has 0 aliphatic carbocycles. The molecule has 0 spiro atoms. The van der Waals surface area contributed by atoms with Crippen molar-refractivity contribution in [2.45, 2.75) is 12.8 Å². The van der Waals surface area contributed by atoms with Gasteiger partial charge in [-0.1, -0.05) is 0 Å². The van der Waals surface area contributed by atoms with Gasteiger partial charge in [-0.15, -0.1) is 0 Å². The molecular weight excluding hydrogens is 275 g/mol. The van der Waals surface area contributed by atoms with Crippen molar-refractivity contribution >= 4 is 21.6 Å². The minimum absolute atomic E-state index is 0. The second kappa shape index (κ2) is 7.94. The summed E-state index contributed by atoms with van der Waals surface area (Å²) in [4.78, 5) is 41.1. The molecule has 16 heavy (non-hydrogen) atoms. The van der Waals surface area contributed by atoms with Gasteiger partial charge in [0.25, 0.3) is 0 Å². The van der Waals surface area contributed by atoms with Crippen molar-refractivity contribution in [2.75, 3.05) is 6.54 Å². The summed E-state index contributed by atoms with van der Waals surface area (Å²) in [6.45, 7) is 0.888. The van der Waals surface area contributed by atoms with Gasteiger partial charge < -0.3 is 26.3 Å². The first-order valence-electron chi connectivity index (χ1n) is 3.69. The van der Waals surface area contributed by atoms with E-state index in [9.17, 15) is 13.9 Å². The van der Waals surface area contributed by atoms with Gasteiger partial charge in [0.1, 0.15) is 0 Å². The predicted molar refractivity (Wildman–Crippen MR) is 48.5 cm³/mol. The maximum absolute atomic E-state index is 10.1. The average Bonchev–Trinajstić information content (AvgIpc) is 2.31. The van der Waals surface area contributed by atoms with Gasteiger partial charge in [0.05, 0.1) is 0 Å². The van der Waals surface area contributed by atoms with E-state index in [1.54, 1.807) is 0 Å². The normalized spacial score (nSPS) is 15.6. The molecule has 12 heteroatoms. The molecule has 1 aliphatic rings. The van der Waals surface area contributed by atoms with Crippen LogP contribution in [0.1, 0.15) is 14.3 Å². The van der Waals surface area contributed by atoms with Crippen molar-refractivity contribution in [1.82, 2.24) is 5.32 Å². The molecule has 0 aromatic carbocycles. The van der Waals surface area contributed by atoms with Crippen molar-refractivity contribution in [1.29, 1.82) is 0 Å². The topological polar surface area (TPSA) is 153 Å². The van der Waals surface area contributed by atoms with E-state index in [1.807, 2.05) is 0 Å². The van der Waals surface area contributed by atoms with Crippen molar-refractivity contribution in [3.05, 3.63) is 0 Å². The van der Waals surface area contributed by atoms with Crippen molar-refractivity contribution in [2.24, 2.45) is 0 Å². The van der Waals surface area contributed by atoms with Gasteiger partial charge in [-0.2, -0.15) is 4.31 Å². The zero-order valence-corrected chi connectivity index (χ0v) is 12.2. The SMILES string of the molecule is O=C1CCCN1.O=P(O)(O)OP(=O)(O)O.[H-].[Na+]. The Kier molecular flexibility index (Phi) is 9.47. The summed E-state index contributed by atoms with van der Waals surface area (Å²) in [5, 5.41) is 2.68. The fraction of sp³-hybridized carbons (Fsp3) is 0.750. The first-order valence-corrected chi connectivity index (χ1v) is 6.75. The summed E-state index contributed by atoms with van der Waals surface area (Å²) in [5.41, 5.74) is 0. The van der Waals surface area contributed by atoms with Crippen molar-refractivity contribution in [3.8, 4) is 0 Å². The zero-order valence-electron chi connectivity index (χ0n) is 9.44. The van der Waals surface area contributed by atoms with E-state index in [4.69, 9.17) is 19.6 Å². The van der Waals surface area contributed by atoms with Crippen LogP contribution in [0.4, 0.5) is 0 Å². The summed E-state index contributed by atoms with van der Waals surface area (Å²) in [7, 11) is -10.1. The molecule has 1 aliphatic heterocycles. The summed E-state index contributed by atoms with van der Waals surface area (Å²) in [5.74, 6) is 0.204. The molecule has 5 N–H and O–H groups in total. The third-order valence-corrected chi connectivity index (χ3v) is 2.82. The van der Waals surface area contributed by atoms with Crippen LogP contribution in [-0.2, 0) is 18.2 Å². The monoisotopic (exact) mass is 287 g/mol. The smallest absolute Gasteiger partial charge is 1.00 e. The van der Waals surface area contributed by atoms with Gasteiger partial charge in [-0.05, 0) is 6.42 Å². The van der Waals surface area contributed by atoms with E-state index in [1.165, 1.54) is 0 Å². The molecule has 1 heterocycles. The van der Waals surface area contributed by atoms with Crippen LogP contribution in [0.5, 0.6) is 0 Å². The van der Waals surface area contributed by atoms with Crippen LogP contribution in [0.3, 0.4) is 0 Å². The Balaban J connectivity index is -0.000000216. The second-order valence-corrected chi connectivity index (χ2v) is 5.13. The largest absolute Gasteiger partial charge is 1.00 e. The Bertz CT molecular complexity index is 287. The molecule has 0 atom stereocenters. The van der Waals surface area contributed by atoms with Gasteiger partial charge >= 0.3 is 45.2 Å². The van der Waals surface area contributed by atoms with E-state index >= 15 is 0 Å². The maximum atomic E-state index is 10.1. The molecule has 0 aromatic rings. The van der Waals surface area contributed by atoms with Gasteiger partial charge in [-0.25, -0.2) is 9.13 Å². The van der Waals surface area contributed by atoms with Gasteiger partial charge in [0.15, 0.2) is 0 Å². The number of hydrogen-bond donors (Lipinski definition) is 5. The second-order valence-electron chi connectivity index (χ2n) is 2.52. The van der Waals surface area contributed by atoms with E-state index < -0.39 is 15.6 Å². The molecular formula is C4H12NNaO8P2. The van der Waals surface area contributed by atoms with Crippen molar-refractivity contribution < 1.29 is 68.8 Å². The van der Waals surface area contributed by atoms with E-state index in [2.05, 4.69) is 9.63 Å². The first kappa shape index (κ1) is 19.1. The van der Waals surface area contributed by atoms with Gasteiger partial charge in [0, 0.05) is 13.0 Å². The Morgan fingerprint density at radius 3 is 1.69 bits per heavy atom. The molecule has 1 saturated heterocycles. The van der Waals surface area contributed by atoms with Crippen LogP contribution in [-0.4, -0.2) is 32.0 Å². The summed E-state index contributed by atoms with van der Waals surface area (Å²) in [6, 6.07) is 0. The zero-order chi connectivity index (χ0) is 12.1. The van der Waals surface area contributed by atoms with E-state index in [0.29, 0.717) is 0 Å². The van der Waals surface area contributed by atoms with Crippen LogP contribution >= 0.6 is 15.6 Å². The quantitative estimate of drug-likeness (QED) is 0.256. The fourth-order valence-corrected chi connectivity index (χ4v) is 1.81. The molecule has 0 bridgehead atoms. The number of hydrogen-bond acceptors (Lipinski definition) is 4. The van der Waals surface area contributed by atoms with Crippen LogP contribution in [0.2, 0.25) is 0 Å². The molecule has 0 saturated carbocycles. The molecule has 1 fully saturated rings. The summed E-state index contributed by atoms with van der Waals surface area (Å²) < 4.78 is 22.2. The van der Waals surface area contributed by atoms with Crippen LogP contribution in [0, 0.1) is 0 Å². The Hall–Kier alpha value is 0.730. The first-order chi connectivity index (χ1) is 6.60. The Morgan fingerprint density at radius 1 is 1.19 bits per heavy atom. The number of carbonyl (C=O) groups is 1. The number of phosphoric acid groups is 2. The number of rotatable bonds is 2.